The number of anilines is 1. The lowest BCUT2D eigenvalue weighted by atomic mass is 10.1. The number of carbonyl (C=O) groups excluding carboxylic acids is 2. The van der Waals surface area contributed by atoms with Crippen LogP contribution in [-0.2, 0) is 4.79 Å². The van der Waals surface area contributed by atoms with Crippen molar-refractivity contribution in [2.45, 2.75) is 19.4 Å². The van der Waals surface area contributed by atoms with E-state index < -0.39 is 6.04 Å². The zero-order chi connectivity index (χ0) is 16.4. The van der Waals surface area contributed by atoms with Gasteiger partial charge in [-0.2, -0.15) is 0 Å². The summed E-state index contributed by atoms with van der Waals surface area (Å²) in [5, 5.41) is 2.78. The molecular formula is C18H17FN2O2. The zero-order valence-electron chi connectivity index (χ0n) is 12.8. The average Bonchev–Trinajstić information content (AvgIpc) is 2.89. The second-order valence-corrected chi connectivity index (χ2v) is 5.65. The van der Waals surface area contributed by atoms with Crippen molar-refractivity contribution >= 4 is 17.5 Å². The summed E-state index contributed by atoms with van der Waals surface area (Å²) in [4.78, 5) is 26.3. The van der Waals surface area contributed by atoms with E-state index in [0.29, 0.717) is 24.2 Å². The Bertz CT molecular complexity index is 743. The molecule has 2 aromatic carbocycles. The lowest BCUT2D eigenvalue weighted by molar-refractivity contribution is -0.118. The van der Waals surface area contributed by atoms with Crippen LogP contribution in [0.2, 0.25) is 0 Å². The Balaban J connectivity index is 1.69. The summed E-state index contributed by atoms with van der Waals surface area (Å²) >= 11 is 0. The molecule has 1 aliphatic heterocycles. The van der Waals surface area contributed by atoms with E-state index in [-0.39, 0.29) is 17.6 Å². The Hall–Kier alpha value is -2.69. The van der Waals surface area contributed by atoms with Crippen LogP contribution in [0.3, 0.4) is 0 Å². The lowest BCUT2D eigenvalue weighted by Gasteiger charge is -2.17. The lowest BCUT2D eigenvalue weighted by Crippen LogP contribution is -2.41. The van der Waals surface area contributed by atoms with Gasteiger partial charge in [-0.1, -0.05) is 17.7 Å². The molecule has 118 valence electrons. The predicted octanol–water partition coefficient (Wildman–Crippen LogP) is 2.67. The van der Waals surface area contributed by atoms with Gasteiger partial charge in [0.15, 0.2) is 0 Å². The molecule has 1 aliphatic rings. The fraction of sp³-hybridized carbons (Fsp3) is 0.222. The summed E-state index contributed by atoms with van der Waals surface area (Å²) in [5.74, 6) is -0.768. The molecule has 1 fully saturated rings. The Morgan fingerprint density at radius 2 is 1.96 bits per heavy atom. The number of benzene rings is 2. The predicted molar refractivity (Wildman–Crippen MR) is 85.8 cm³/mol. The third kappa shape index (κ3) is 3.23. The highest BCUT2D eigenvalue weighted by Crippen LogP contribution is 2.22. The van der Waals surface area contributed by atoms with E-state index in [1.165, 1.54) is 12.1 Å². The van der Waals surface area contributed by atoms with Crippen LogP contribution in [0.25, 0.3) is 0 Å². The van der Waals surface area contributed by atoms with Crippen molar-refractivity contribution in [3.05, 3.63) is 65.5 Å². The molecule has 1 saturated heterocycles. The van der Waals surface area contributed by atoms with Gasteiger partial charge < -0.3 is 10.2 Å². The molecular weight excluding hydrogens is 295 g/mol. The fourth-order valence-electron chi connectivity index (χ4n) is 2.72. The monoisotopic (exact) mass is 312 g/mol. The number of hydrogen-bond donors (Lipinski definition) is 1. The molecule has 0 bridgehead atoms. The minimum Gasteiger partial charge on any atom is -0.340 e. The van der Waals surface area contributed by atoms with E-state index in [2.05, 4.69) is 5.32 Å². The molecule has 3 rings (SSSR count). The highest BCUT2D eigenvalue weighted by molar-refractivity contribution is 6.03. The van der Waals surface area contributed by atoms with Crippen molar-refractivity contribution in [3.8, 4) is 0 Å². The van der Waals surface area contributed by atoms with Crippen molar-refractivity contribution in [1.82, 2.24) is 5.32 Å². The SMILES string of the molecule is Cc1cccc(C(=O)N[C@H]2CCN(c3ccc(F)cc3)C2=O)c1. The molecule has 2 amide bonds. The van der Waals surface area contributed by atoms with Crippen LogP contribution in [-0.4, -0.2) is 24.4 Å². The van der Waals surface area contributed by atoms with Gasteiger partial charge in [-0.25, -0.2) is 4.39 Å². The van der Waals surface area contributed by atoms with E-state index in [1.54, 1.807) is 29.2 Å². The maximum absolute atomic E-state index is 13.0. The molecule has 1 heterocycles. The summed E-state index contributed by atoms with van der Waals surface area (Å²) in [6.45, 7) is 2.41. The van der Waals surface area contributed by atoms with Crippen molar-refractivity contribution in [2.24, 2.45) is 0 Å². The molecule has 5 heteroatoms. The molecule has 1 atom stereocenters. The fourth-order valence-corrected chi connectivity index (χ4v) is 2.72. The Kier molecular flexibility index (Phi) is 4.10. The van der Waals surface area contributed by atoms with Gasteiger partial charge in [0.05, 0.1) is 0 Å². The molecule has 0 spiro atoms. The highest BCUT2D eigenvalue weighted by Gasteiger charge is 2.33. The summed E-state index contributed by atoms with van der Waals surface area (Å²) < 4.78 is 13.0. The number of aryl methyl sites for hydroxylation is 1. The van der Waals surface area contributed by atoms with Crippen LogP contribution in [0.5, 0.6) is 0 Å². The van der Waals surface area contributed by atoms with Crippen LogP contribution in [0.15, 0.2) is 48.5 Å². The average molecular weight is 312 g/mol. The largest absolute Gasteiger partial charge is 0.340 e. The summed E-state index contributed by atoms with van der Waals surface area (Å²) in [5.41, 5.74) is 2.17. The van der Waals surface area contributed by atoms with Gasteiger partial charge in [-0.3, -0.25) is 9.59 Å². The van der Waals surface area contributed by atoms with Crippen molar-refractivity contribution < 1.29 is 14.0 Å². The van der Waals surface area contributed by atoms with Crippen LogP contribution in [0, 0.1) is 12.7 Å². The van der Waals surface area contributed by atoms with Gasteiger partial charge in [-0.15, -0.1) is 0 Å². The number of nitrogens with one attached hydrogen (secondary N) is 1. The van der Waals surface area contributed by atoms with Crippen LogP contribution >= 0.6 is 0 Å². The van der Waals surface area contributed by atoms with E-state index >= 15 is 0 Å². The first-order chi connectivity index (χ1) is 11.0. The van der Waals surface area contributed by atoms with E-state index in [9.17, 15) is 14.0 Å². The quantitative estimate of drug-likeness (QED) is 0.947. The Labute approximate surface area is 133 Å². The molecule has 0 aromatic heterocycles. The minimum atomic E-state index is -0.548. The Morgan fingerprint density at radius 3 is 2.65 bits per heavy atom. The van der Waals surface area contributed by atoms with Gasteiger partial charge in [0, 0.05) is 17.8 Å². The zero-order valence-corrected chi connectivity index (χ0v) is 12.8. The normalized spacial score (nSPS) is 17.4. The van der Waals surface area contributed by atoms with E-state index in [1.807, 2.05) is 19.1 Å². The van der Waals surface area contributed by atoms with Crippen LogP contribution in [0.4, 0.5) is 10.1 Å². The maximum Gasteiger partial charge on any atom is 0.251 e. The van der Waals surface area contributed by atoms with E-state index in [0.717, 1.165) is 5.56 Å². The standard InChI is InChI=1S/C18H17FN2O2/c1-12-3-2-4-13(11-12)17(22)20-16-9-10-21(18(16)23)15-7-5-14(19)6-8-15/h2-8,11,16H,9-10H2,1H3,(H,20,22)/t16-/m0/s1. The number of carbonyl (C=O) groups is 2. The summed E-state index contributed by atoms with van der Waals surface area (Å²) in [6, 6.07) is 12.5. The maximum atomic E-state index is 13.0. The number of halogens is 1. The summed E-state index contributed by atoms with van der Waals surface area (Å²) in [6.07, 6.45) is 0.535. The molecule has 0 saturated carbocycles. The highest BCUT2D eigenvalue weighted by atomic mass is 19.1. The second kappa shape index (κ2) is 6.20. The van der Waals surface area contributed by atoms with Gasteiger partial charge in [0.1, 0.15) is 11.9 Å². The van der Waals surface area contributed by atoms with Gasteiger partial charge >= 0.3 is 0 Å². The molecule has 0 aliphatic carbocycles. The first kappa shape index (κ1) is 15.2. The number of rotatable bonds is 3. The Morgan fingerprint density at radius 1 is 1.22 bits per heavy atom. The van der Waals surface area contributed by atoms with Crippen molar-refractivity contribution in [1.29, 1.82) is 0 Å². The molecule has 0 radical (unpaired) electrons. The minimum absolute atomic E-state index is 0.169. The first-order valence-corrected chi connectivity index (χ1v) is 7.49. The van der Waals surface area contributed by atoms with Gasteiger partial charge in [-0.05, 0) is 49.7 Å². The van der Waals surface area contributed by atoms with E-state index in [4.69, 9.17) is 0 Å². The summed E-state index contributed by atoms with van der Waals surface area (Å²) in [7, 11) is 0. The van der Waals surface area contributed by atoms with Crippen molar-refractivity contribution in [2.75, 3.05) is 11.4 Å². The molecule has 1 N–H and O–H groups in total. The van der Waals surface area contributed by atoms with Crippen LogP contribution < -0.4 is 10.2 Å². The molecule has 2 aromatic rings. The third-order valence-corrected chi connectivity index (χ3v) is 3.93. The first-order valence-electron chi connectivity index (χ1n) is 7.49. The number of hydrogen-bond acceptors (Lipinski definition) is 2. The molecule has 4 nitrogen and oxygen atoms in total. The smallest absolute Gasteiger partial charge is 0.251 e. The third-order valence-electron chi connectivity index (χ3n) is 3.93. The molecule has 0 unspecified atom stereocenters. The molecule has 23 heavy (non-hydrogen) atoms. The van der Waals surface area contributed by atoms with Gasteiger partial charge in [0.2, 0.25) is 5.91 Å². The number of amides is 2. The van der Waals surface area contributed by atoms with Gasteiger partial charge in [0.25, 0.3) is 5.91 Å². The van der Waals surface area contributed by atoms with Crippen molar-refractivity contribution in [3.63, 3.8) is 0 Å². The topological polar surface area (TPSA) is 49.4 Å². The van der Waals surface area contributed by atoms with Crippen LogP contribution in [0.1, 0.15) is 22.3 Å². The second-order valence-electron chi connectivity index (χ2n) is 5.65. The number of nitrogens with zero attached hydrogens (tertiary/aromatic N) is 1.